The zero-order chi connectivity index (χ0) is 21.5. The van der Waals surface area contributed by atoms with E-state index >= 15 is 0 Å². The number of aliphatic hydroxyl groups excluding tert-OH is 1. The molecule has 2 heterocycles. The average molecular weight is 421 g/mol. The van der Waals surface area contributed by atoms with Crippen LogP contribution in [0.25, 0.3) is 0 Å². The van der Waals surface area contributed by atoms with Crippen LogP contribution in [0.3, 0.4) is 0 Å². The average Bonchev–Trinajstić information content (AvgIpc) is 2.73. The quantitative estimate of drug-likeness (QED) is 0.527. The second-order valence-corrected chi connectivity index (χ2v) is 7.49. The summed E-state index contributed by atoms with van der Waals surface area (Å²) in [7, 11) is 0. The van der Waals surface area contributed by atoms with E-state index in [9.17, 15) is 18.8 Å². The number of amides is 3. The first-order chi connectivity index (χ1) is 14.5. The van der Waals surface area contributed by atoms with Crippen LogP contribution in [-0.4, -0.2) is 103 Å². The summed E-state index contributed by atoms with van der Waals surface area (Å²) in [6, 6.07) is 4.47. The van der Waals surface area contributed by atoms with Gasteiger partial charge < -0.3 is 20.6 Å². The van der Waals surface area contributed by atoms with Gasteiger partial charge in [-0.2, -0.15) is 0 Å². The maximum Gasteiger partial charge on any atom is 0.243 e. The number of nitrogens with one attached hydrogen (secondary N) is 2. The molecular weight excluding hydrogens is 393 g/mol. The minimum Gasteiger partial charge on any atom is -0.395 e. The Morgan fingerprint density at radius 1 is 1.10 bits per heavy atom. The lowest BCUT2D eigenvalue weighted by atomic mass is 10.1. The lowest BCUT2D eigenvalue weighted by molar-refractivity contribution is -0.145. The first-order valence-electron chi connectivity index (χ1n) is 10.1. The van der Waals surface area contributed by atoms with E-state index in [1.54, 1.807) is 0 Å². The second kappa shape index (κ2) is 10.5. The van der Waals surface area contributed by atoms with Gasteiger partial charge in [0.2, 0.25) is 17.7 Å². The van der Waals surface area contributed by atoms with Crippen molar-refractivity contribution in [1.29, 1.82) is 0 Å². The molecule has 2 saturated heterocycles. The van der Waals surface area contributed by atoms with Crippen LogP contribution in [-0.2, 0) is 14.4 Å². The molecule has 10 heteroatoms. The van der Waals surface area contributed by atoms with Gasteiger partial charge in [0.25, 0.3) is 0 Å². The van der Waals surface area contributed by atoms with Gasteiger partial charge in [0.15, 0.2) is 0 Å². The fraction of sp³-hybridized carbons (Fsp3) is 0.550. The number of anilines is 1. The van der Waals surface area contributed by atoms with Crippen LogP contribution in [0.2, 0.25) is 0 Å². The molecule has 0 aromatic heterocycles. The normalized spacial score (nSPS) is 20.7. The topological polar surface area (TPSA) is 105 Å². The van der Waals surface area contributed by atoms with E-state index in [0.717, 1.165) is 13.1 Å². The first-order valence-corrected chi connectivity index (χ1v) is 10.1. The number of hydrogen-bond acceptors (Lipinski definition) is 6. The molecule has 30 heavy (non-hydrogen) atoms. The number of nitrogens with zero attached hydrogens (tertiary/aromatic N) is 3. The van der Waals surface area contributed by atoms with Crippen molar-refractivity contribution >= 4 is 23.4 Å². The molecule has 9 nitrogen and oxygen atoms in total. The van der Waals surface area contributed by atoms with Crippen molar-refractivity contribution in [2.24, 2.45) is 0 Å². The number of piperazine rings is 2. The molecule has 3 amide bonds. The Morgan fingerprint density at radius 2 is 1.77 bits per heavy atom. The lowest BCUT2D eigenvalue weighted by Gasteiger charge is -2.38. The third-order valence-electron chi connectivity index (χ3n) is 5.40. The second-order valence-electron chi connectivity index (χ2n) is 7.49. The van der Waals surface area contributed by atoms with Crippen LogP contribution in [0.15, 0.2) is 24.3 Å². The molecule has 0 saturated carbocycles. The Labute approximate surface area is 174 Å². The summed E-state index contributed by atoms with van der Waals surface area (Å²) in [5.41, 5.74) is 0.427. The molecule has 1 aromatic carbocycles. The highest BCUT2D eigenvalue weighted by molar-refractivity contribution is 5.97. The molecule has 2 fully saturated rings. The molecule has 2 aliphatic heterocycles. The van der Waals surface area contributed by atoms with Gasteiger partial charge >= 0.3 is 0 Å². The van der Waals surface area contributed by atoms with Crippen LogP contribution in [0.4, 0.5) is 10.1 Å². The Morgan fingerprint density at radius 3 is 2.43 bits per heavy atom. The Balaban J connectivity index is 1.55. The molecule has 0 radical (unpaired) electrons. The minimum absolute atomic E-state index is 0.115. The van der Waals surface area contributed by atoms with Crippen molar-refractivity contribution in [3.05, 3.63) is 30.1 Å². The van der Waals surface area contributed by atoms with Gasteiger partial charge in [-0.1, -0.05) is 0 Å². The number of benzene rings is 1. The highest BCUT2D eigenvalue weighted by atomic mass is 19.1. The van der Waals surface area contributed by atoms with E-state index in [2.05, 4.69) is 15.5 Å². The number of aliphatic hydroxyl groups is 1. The molecule has 0 spiro atoms. The maximum atomic E-state index is 13.0. The van der Waals surface area contributed by atoms with E-state index in [1.807, 2.05) is 4.90 Å². The van der Waals surface area contributed by atoms with Gasteiger partial charge in [0, 0.05) is 51.5 Å². The van der Waals surface area contributed by atoms with Crippen molar-refractivity contribution in [2.75, 3.05) is 64.3 Å². The number of β-amino-alcohol motifs (C(OH)–C–C–N with tert-alkyl or cyclic N) is 1. The summed E-state index contributed by atoms with van der Waals surface area (Å²) in [6.07, 6.45) is -0.167. The van der Waals surface area contributed by atoms with Gasteiger partial charge in [-0.05, 0) is 24.3 Å². The highest BCUT2D eigenvalue weighted by Crippen LogP contribution is 2.14. The van der Waals surface area contributed by atoms with E-state index in [-0.39, 0.29) is 31.4 Å². The van der Waals surface area contributed by atoms with E-state index in [1.165, 1.54) is 29.2 Å². The third-order valence-corrected chi connectivity index (χ3v) is 5.40. The minimum atomic E-state index is -0.873. The monoisotopic (exact) mass is 421 g/mol. The van der Waals surface area contributed by atoms with E-state index < -0.39 is 17.8 Å². The number of halogens is 1. The number of hydrogen-bond donors (Lipinski definition) is 3. The van der Waals surface area contributed by atoms with Crippen molar-refractivity contribution in [3.63, 3.8) is 0 Å². The molecule has 0 bridgehead atoms. The molecule has 1 atom stereocenters. The van der Waals surface area contributed by atoms with Crippen molar-refractivity contribution < 1.29 is 23.9 Å². The number of carbonyl (C=O) groups excluding carboxylic acids is 3. The highest BCUT2D eigenvalue weighted by Gasteiger charge is 2.35. The summed E-state index contributed by atoms with van der Waals surface area (Å²) < 4.78 is 13.0. The SMILES string of the molecule is O=C(C[C@@H]1C(=O)NCCN1C(=O)CN1CCN(CCO)CC1)Nc1ccc(F)cc1. The molecule has 3 N–H and O–H groups in total. The van der Waals surface area contributed by atoms with Crippen molar-refractivity contribution in [2.45, 2.75) is 12.5 Å². The van der Waals surface area contributed by atoms with Gasteiger partial charge in [-0.3, -0.25) is 24.2 Å². The van der Waals surface area contributed by atoms with Crippen LogP contribution in [0.1, 0.15) is 6.42 Å². The molecular formula is C20H28FN5O4. The van der Waals surface area contributed by atoms with Crippen LogP contribution in [0.5, 0.6) is 0 Å². The molecule has 3 rings (SSSR count). The standard InChI is InChI=1S/C20H28FN5O4/c21-15-1-3-16(4-2-15)23-18(28)13-17-20(30)22-5-6-26(17)19(29)14-25-9-7-24(8-10-25)11-12-27/h1-4,17,27H,5-14H2,(H,22,30)(H,23,28)/t17-/m1/s1. The van der Waals surface area contributed by atoms with E-state index in [0.29, 0.717) is 38.4 Å². The molecule has 2 aliphatic rings. The van der Waals surface area contributed by atoms with Gasteiger partial charge in [0.1, 0.15) is 11.9 Å². The van der Waals surface area contributed by atoms with Crippen molar-refractivity contribution in [3.8, 4) is 0 Å². The van der Waals surface area contributed by atoms with Gasteiger partial charge in [-0.25, -0.2) is 4.39 Å². The summed E-state index contributed by atoms with van der Waals surface area (Å²) >= 11 is 0. The lowest BCUT2D eigenvalue weighted by Crippen LogP contribution is -2.60. The zero-order valence-corrected chi connectivity index (χ0v) is 16.8. The smallest absolute Gasteiger partial charge is 0.243 e. The Kier molecular flexibility index (Phi) is 7.72. The largest absolute Gasteiger partial charge is 0.395 e. The predicted octanol–water partition coefficient (Wildman–Crippen LogP) is -0.909. The van der Waals surface area contributed by atoms with Crippen molar-refractivity contribution in [1.82, 2.24) is 20.0 Å². The van der Waals surface area contributed by atoms with Crippen LogP contribution >= 0.6 is 0 Å². The summed E-state index contributed by atoms with van der Waals surface area (Å²) in [5.74, 6) is -1.36. The summed E-state index contributed by atoms with van der Waals surface area (Å²) in [6.45, 7) is 4.60. The number of carbonyl (C=O) groups is 3. The van der Waals surface area contributed by atoms with E-state index in [4.69, 9.17) is 5.11 Å². The fourth-order valence-corrected chi connectivity index (χ4v) is 3.73. The fourth-order valence-electron chi connectivity index (χ4n) is 3.73. The summed E-state index contributed by atoms with van der Waals surface area (Å²) in [4.78, 5) is 43.3. The van der Waals surface area contributed by atoms with Crippen LogP contribution < -0.4 is 10.6 Å². The third kappa shape index (κ3) is 5.97. The Hall–Kier alpha value is -2.56. The van der Waals surface area contributed by atoms with Gasteiger partial charge in [-0.15, -0.1) is 0 Å². The maximum absolute atomic E-state index is 13.0. The molecule has 0 aliphatic carbocycles. The molecule has 0 unspecified atom stereocenters. The first kappa shape index (κ1) is 22.1. The zero-order valence-electron chi connectivity index (χ0n) is 16.8. The molecule has 164 valence electrons. The molecule has 1 aromatic rings. The van der Waals surface area contributed by atoms with Gasteiger partial charge in [0.05, 0.1) is 19.6 Å². The summed E-state index contributed by atoms with van der Waals surface area (Å²) in [5, 5.41) is 14.4. The number of rotatable bonds is 7. The van der Waals surface area contributed by atoms with Crippen LogP contribution in [0, 0.1) is 5.82 Å². The predicted molar refractivity (Wildman–Crippen MR) is 108 cm³/mol. The Bertz CT molecular complexity index is 752.